The van der Waals surface area contributed by atoms with Crippen LogP contribution in [0.1, 0.15) is 15.9 Å². The number of fused-ring (bicyclic) bond motifs is 1. The molecule has 0 aliphatic heterocycles. The van der Waals surface area contributed by atoms with Crippen LogP contribution in [-0.2, 0) is 4.79 Å². The van der Waals surface area contributed by atoms with Crippen LogP contribution in [0.15, 0.2) is 42.6 Å². The molecule has 0 saturated carbocycles. The van der Waals surface area contributed by atoms with Crippen molar-refractivity contribution in [2.75, 3.05) is 50.3 Å². The van der Waals surface area contributed by atoms with Crippen molar-refractivity contribution < 1.29 is 18.7 Å². The van der Waals surface area contributed by atoms with Gasteiger partial charge in [0.05, 0.1) is 36.0 Å². The zero-order chi connectivity index (χ0) is 27.6. The summed E-state index contributed by atoms with van der Waals surface area (Å²) < 4.78 is 19.9. The molecule has 2 aromatic heterocycles. The Morgan fingerprint density at radius 1 is 1.11 bits per heavy atom. The number of methoxy groups -OCH3 is 1. The van der Waals surface area contributed by atoms with E-state index in [2.05, 4.69) is 25.6 Å². The summed E-state index contributed by atoms with van der Waals surface area (Å²) in [5.74, 6) is -0.708. The summed E-state index contributed by atoms with van der Waals surface area (Å²) in [4.78, 5) is 40.1. The molecule has 0 aliphatic carbocycles. The molecule has 0 bridgehead atoms. The lowest BCUT2D eigenvalue weighted by atomic mass is 10.1. The minimum atomic E-state index is -0.909. The van der Waals surface area contributed by atoms with Crippen LogP contribution in [0.2, 0.25) is 0 Å². The SMILES string of the molecule is COc1cc(C)c(N(C)C(=O)CN(C)C)cc1Nc1nc(Nc2cccc(F)c2C(N)=O)c2cc[nH]c2n1. The molecule has 0 fully saturated rings. The Balaban J connectivity index is 1.74. The second-order valence-electron chi connectivity index (χ2n) is 8.94. The topological polar surface area (TPSA) is 142 Å². The first kappa shape index (κ1) is 26.4. The minimum absolute atomic E-state index is 0.0786. The molecule has 2 heterocycles. The highest BCUT2D eigenvalue weighted by Crippen LogP contribution is 2.35. The quantitative estimate of drug-likeness (QED) is 0.263. The van der Waals surface area contributed by atoms with Crippen LogP contribution in [0.3, 0.4) is 0 Å². The summed E-state index contributed by atoms with van der Waals surface area (Å²) in [5.41, 5.74) is 7.85. The molecular formula is C26H29FN8O3. The number of halogens is 1. The first-order valence-electron chi connectivity index (χ1n) is 11.7. The van der Waals surface area contributed by atoms with Crippen LogP contribution >= 0.6 is 0 Å². The van der Waals surface area contributed by atoms with Crippen molar-refractivity contribution in [2.24, 2.45) is 5.73 Å². The molecule has 0 unspecified atom stereocenters. The van der Waals surface area contributed by atoms with Gasteiger partial charge in [0.25, 0.3) is 5.91 Å². The summed E-state index contributed by atoms with van der Waals surface area (Å²) >= 11 is 0. The Labute approximate surface area is 218 Å². The maximum absolute atomic E-state index is 14.3. The number of benzene rings is 2. The summed E-state index contributed by atoms with van der Waals surface area (Å²) in [5, 5.41) is 6.78. The smallest absolute Gasteiger partial charge is 0.253 e. The molecule has 4 rings (SSSR count). The number of carbonyl (C=O) groups excluding carboxylic acids is 2. The van der Waals surface area contributed by atoms with Gasteiger partial charge in [-0.2, -0.15) is 9.97 Å². The molecule has 2 amide bonds. The number of amides is 2. The molecule has 38 heavy (non-hydrogen) atoms. The van der Waals surface area contributed by atoms with E-state index in [1.165, 1.54) is 19.2 Å². The number of ether oxygens (including phenoxy) is 1. The largest absolute Gasteiger partial charge is 0.495 e. The summed E-state index contributed by atoms with van der Waals surface area (Å²) in [7, 11) is 6.91. The van der Waals surface area contributed by atoms with Crippen LogP contribution in [-0.4, -0.2) is 66.5 Å². The fraction of sp³-hybridized carbons (Fsp3) is 0.231. The normalized spacial score (nSPS) is 11.0. The first-order chi connectivity index (χ1) is 18.1. The van der Waals surface area contributed by atoms with Gasteiger partial charge in [0.15, 0.2) is 0 Å². The van der Waals surface area contributed by atoms with Gasteiger partial charge in [-0.1, -0.05) is 6.07 Å². The average Bonchev–Trinajstić information content (AvgIpc) is 3.33. The molecular weight excluding hydrogens is 491 g/mol. The number of anilines is 5. The van der Waals surface area contributed by atoms with E-state index >= 15 is 0 Å². The number of carbonyl (C=O) groups is 2. The van der Waals surface area contributed by atoms with Gasteiger partial charge in [0.1, 0.15) is 23.0 Å². The number of aromatic amines is 1. The Hall–Kier alpha value is -4.71. The van der Waals surface area contributed by atoms with Crippen molar-refractivity contribution in [2.45, 2.75) is 6.92 Å². The third-order valence-corrected chi connectivity index (χ3v) is 5.88. The number of likely N-dealkylation sites (N-methyl/N-ethyl adjacent to an activating group) is 2. The molecule has 5 N–H and O–H groups in total. The number of primary amides is 1. The zero-order valence-corrected chi connectivity index (χ0v) is 21.7. The lowest BCUT2D eigenvalue weighted by Crippen LogP contribution is -2.35. The Kier molecular flexibility index (Phi) is 7.44. The van der Waals surface area contributed by atoms with E-state index in [0.717, 1.165) is 11.6 Å². The lowest BCUT2D eigenvalue weighted by Gasteiger charge is -2.23. The lowest BCUT2D eigenvalue weighted by molar-refractivity contribution is -0.118. The van der Waals surface area contributed by atoms with Gasteiger partial charge in [0.2, 0.25) is 11.9 Å². The maximum atomic E-state index is 14.3. The third-order valence-electron chi connectivity index (χ3n) is 5.88. The third kappa shape index (κ3) is 5.34. The van der Waals surface area contributed by atoms with Crippen molar-refractivity contribution >= 4 is 51.7 Å². The van der Waals surface area contributed by atoms with Gasteiger partial charge in [-0.3, -0.25) is 9.59 Å². The number of aromatic nitrogens is 3. The highest BCUT2D eigenvalue weighted by molar-refractivity contribution is 6.01. The molecule has 0 radical (unpaired) electrons. The summed E-state index contributed by atoms with van der Waals surface area (Å²) in [6.45, 7) is 2.14. The first-order valence-corrected chi connectivity index (χ1v) is 11.7. The Morgan fingerprint density at radius 2 is 1.87 bits per heavy atom. The van der Waals surface area contributed by atoms with Gasteiger partial charge in [0, 0.05) is 18.9 Å². The van der Waals surface area contributed by atoms with Crippen molar-refractivity contribution in [3.63, 3.8) is 0 Å². The van der Waals surface area contributed by atoms with Crippen LogP contribution in [0.4, 0.5) is 33.2 Å². The zero-order valence-electron chi connectivity index (χ0n) is 21.7. The van der Waals surface area contributed by atoms with Crippen molar-refractivity contribution in [1.82, 2.24) is 19.9 Å². The molecule has 11 nitrogen and oxygen atoms in total. The van der Waals surface area contributed by atoms with Gasteiger partial charge in [-0.15, -0.1) is 0 Å². The monoisotopic (exact) mass is 520 g/mol. The second-order valence-corrected chi connectivity index (χ2v) is 8.94. The van der Waals surface area contributed by atoms with E-state index < -0.39 is 11.7 Å². The predicted molar refractivity (Wildman–Crippen MR) is 145 cm³/mol. The van der Waals surface area contributed by atoms with Crippen molar-refractivity contribution in [3.8, 4) is 5.75 Å². The Morgan fingerprint density at radius 3 is 2.55 bits per heavy atom. The molecule has 198 valence electrons. The average molecular weight is 521 g/mol. The van der Waals surface area contributed by atoms with E-state index in [1.807, 2.05) is 27.1 Å². The number of H-pyrrole nitrogens is 1. The molecule has 0 spiro atoms. The summed E-state index contributed by atoms with van der Waals surface area (Å²) in [6.07, 6.45) is 1.69. The number of hydrogen-bond donors (Lipinski definition) is 4. The highest BCUT2D eigenvalue weighted by atomic mass is 19.1. The van der Waals surface area contributed by atoms with Crippen molar-refractivity contribution in [1.29, 1.82) is 0 Å². The van der Waals surface area contributed by atoms with Gasteiger partial charge < -0.3 is 35.9 Å². The summed E-state index contributed by atoms with van der Waals surface area (Å²) in [6, 6.07) is 9.51. The van der Waals surface area contributed by atoms with E-state index in [0.29, 0.717) is 34.0 Å². The maximum Gasteiger partial charge on any atom is 0.253 e. The number of nitrogens with two attached hydrogens (primary N) is 1. The van der Waals surface area contributed by atoms with E-state index in [9.17, 15) is 14.0 Å². The predicted octanol–water partition coefficient (Wildman–Crippen LogP) is 3.52. The van der Waals surface area contributed by atoms with Crippen LogP contribution in [0.5, 0.6) is 5.75 Å². The number of hydrogen-bond acceptors (Lipinski definition) is 8. The molecule has 12 heteroatoms. The van der Waals surface area contributed by atoms with Crippen LogP contribution < -0.4 is 26.0 Å². The van der Waals surface area contributed by atoms with Crippen LogP contribution in [0, 0.1) is 12.7 Å². The second kappa shape index (κ2) is 10.7. The highest BCUT2D eigenvalue weighted by Gasteiger charge is 2.19. The fourth-order valence-corrected chi connectivity index (χ4v) is 4.03. The number of nitrogens with one attached hydrogen (secondary N) is 3. The molecule has 2 aromatic carbocycles. The molecule has 0 aliphatic rings. The Bertz CT molecular complexity index is 1520. The number of nitrogens with zero attached hydrogens (tertiary/aromatic N) is 4. The van der Waals surface area contributed by atoms with Gasteiger partial charge >= 0.3 is 0 Å². The van der Waals surface area contributed by atoms with E-state index in [4.69, 9.17) is 10.5 Å². The van der Waals surface area contributed by atoms with Crippen LogP contribution in [0.25, 0.3) is 11.0 Å². The molecule has 0 saturated heterocycles. The minimum Gasteiger partial charge on any atom is -0.495 e. The molecule has 4 aromatic rings. The van der Waals surface area contributed by atoms with Gasteiger partial charge in [-0.25, -0.2) is 4.39 Å². The number of rotatable bonds is 9. The van der Waals surface area contributed by atoms with E-state index in [-0.39, 0.29) is 29.7 Å². The standard InChI is InChI=1S/C26H29FN8O3/c1-14-11-20(38-5)18(12-19(14)35(4)21(36)13-34(2)3)31-26-32-24-15(9-10-29-24)25(33-26)30-17-8-6-7-16(27)22(17)23(28)37/h6-12H,13H2,1-5H3,(H2,28,37)(H3,29,30,31,32,33). The molecule has 0 atom stereocenters. The number of aryl methyl sites for hydroxylation is 1. The van der Waals surface area contributed by atoms with Crippen molar-refractivity contribution in [3.05, 3.63) is 59.5 Å². The van der Waals surface area contributed by atoms with E-state index in [1.54, 1.807) is 35.2 Å². The fourth-order valence-electron chi connectivity index (χ4n) is 4.03. The van der Waals surface area contributed by atoms with Gasteiger partial charge in [-0.05, 0) is 56.9 Å².